The Morgan fingerprint density at radius 3 is 2.64 bits per heavy atom. The predicted octanol–water partition coefficient (Wildman–Crippen LogP) is 2.02. The van der Waals surface area contributed by atoms with Gasteiger partial charge in [-0.15, -0.1) is 6.58 Å². The molecule has 6 heteroatoms. The molecule has 0 bridgehead atoms. The molecule has 128 valence electrons. The predicted molar refractivity (Wildman–Crippen MR) is 96.2 cm³/mol. The van der Waals surface area contributed by atoms with Gasteiger partial charge in [-0.1, -0.05) is 48.5 Å². The SMILES string of the molecule is C=CCNC(=O)C(=O)N/N=C/c1cccc(OCc2ccccc2)c1. The Bertz CT molecular complexity index is 758. The highest BCUT2D eigenvalue weighted by Crippen LogP contribution is 2.14. The number of carbonyl (C=O) groups excluding carboxylic acids is 2. The van der Waals surface area contributed by atoms with Gasteiger partial charge in [-0.05, 0) is 23.3 Å². The summed E-state index contributed by atoms with van der Waals surface area (Å²) < 4.78 is 5.72. The lowest BCUT2D eigenvalue weighted by Crippen LogP contribution is -2.37. The van der Waals surface area contributed by atoms with Gasteiger partial charge in [0.15, 0.2) is 0 Å². The number of ether oxygens (including phenoxy) is 1. The lowest BCUT2D eigenvalue weighted by Gasteiger charge is -2.06. The Balaban J connectivity index is 1.87. The van der Waals surface area contributed by atoms with E-state index in [4.69, 9.17) is 4.74 Å². The Morgan fingerprint density at radius 1 is 1.08 bits per heavy atom. The van der Waals surface area contributed by atoms with Crippen molar-refractivity contribution < 1.29 is 14.3 Å². The molecule has 2 amide bonds. The minimum atomic E-state index is -0.838. The van der Waals surface area contributed by atoms with E-state index in [0.717, 1.165) is 11.1 Å². The summed E-state index contributed by atoms with van der Waals surface area (Å²) in [7, 11) is 0. The summed E-state index contributed by atoms with van der Waals surface area (Å²) in [5.41, 5.74) is 3.96. The van der Waals surface area contributed by atoms with Gasteiger partial charge in [0.25, 0.3) is 0 Å². The van der Waals surface area contributed by atoms with Crippen molar-refractivity contribution in [3.05, 3.63) is 78.4 Å². The molecule has 0 spiro atoms. The van der Waals surface area contributed by atoms with Crippen LogP contribution in [0.3, 0.4) is 0 Å². The number of amides is 2. The quantitative estimate of drug-likeness (QED) is 0.351. The Labute approximate surface area is 146 Å². The van der Waals surface area contributed by atoms with Gasteiger partial charge in [-0.3, -0.25) is 9.59 Å². The second-order valence-corrected chi connectivity index (χ2v) is 5.04. The van der Waals surface area contributed by atoms with E-state index < -0.39 is 11.8 Å². The maximum absolute atomic E-state index is 11.5. The van der Waals surface area contributed by atoms with Crippen LogP contribution in [-0.2, 0) is 16.2 Å². The lowest BCUT2D eigenvalue weighted by molar-refractivity contribution is -0.139. The second kappa shape index (κ2) is 9.67. The normalized spacial score (nSPS) is 10.2. The van der Waals surface area contributed by atoms with Gasteiger partial charge in [0.2, 0.25) is 0 Å². The van der Waals surface area contributed by atoms with E-state index in [1.807, 2.05) is 48.5 Å². The lowest BCUT2D eigenvalue weighted by atomic mass is 10.2. The van der Waals surface area contributed by atoms with Crippen LogP contribution in [0.25, 0.3) is 0 Å². The molecule has 0 aromatic heterocycles. The fraction of sp³-hybridized carbons (Fsp3) is 0.105. The van der Waals surface area contributed by atoms with Crippen LogP contribution in [0.5, 0.6) is 5.75 Å². The van der Waals surface area contributed by atoms with Gasteiger partial charge < -0.3 is 10.1 Å². The molecule has 0 radical (unpaired) electrons. The molecule has 25 heavy (non-hydrogen) atoms. The van der Waals surface area contributed by atoms with Gasteiger partial charge in [-0.2, -0.15) is 5.10 Å². The first-order valence-electron chi connectivity index (χ1n) is 7.68. The molecule has 2 aromatic rings. The Hall–Kier alpha value is -3.41. The summed E-state index contributed by atoms with van der Waals surface area (Å²) in [5, 5.41) is 6.12. The number of hydrogen-bond acceptors (Lipinski definition) is 4. The minimum Gasteiger partial charge on any atom is -0.489 e. The summed E-state index contributed by atoms with van der Waals surface area (Å²) >= 11 is 0. The maximum Gasteiger partial charge on any atom is 0.329 e. The van der Waals surface area contributed by atoms with E-state index in [0.29, 0.717) is 12.4 Å². The van der Waals surface area contributed by atoms with E-state index in [-0.39, 0.29) is 6.54 Å². The molecular formula is C19H19N3O3. The average Bonchev–Trinajstić information content (AvgIpc) is 2.65. The van der Waals surface area contributed by atoms with E-state index in [1.54, 1.807) is 6.07 Å². The number of nitrogens with one attached hydrogen (secondary N) is 2. The van der Waals surface area contributed by atoms with Crippen LogP contribution in [0.1, 0.15) is 11.1 Å². The van der Waals surface area contributed by atoms with Crippen LogP contribution in [0.15, 0.2) is 72.4 Å². The standard InChI is InChI=1S/C19H19N3O3/c1-2-11-20-18(23)19(24)22-21-13-16-9-6-10-17(12-16)25-14-15-7-4-3-5-8-15/h2-10,12-13H,1,11,14H2,(H,20,23)(H,22,24)/b21-13+. The van der Waals surface area contributed by atoms with Gasteiger partial charge in [0.05, 0.1) is 6.21 Å². The molecule has 2 N–H and O–H groups in total. The van der Waals surface area contributed by atoms with Crippen molar-refractivity contribution >= 4 is 18.0 Å². The zero-order valence-corrected chi connectivity index (χ0v) is 13.6. The van der Waals surface area contributed by atoms with Gasteiger partial charge in [0, 0.05) is 6.54 Å². The zero-order chi connectivity index (χ0) is 17.9. The van der Waals surface area contributed by atoms with Crippen molar-refractivity contribution in [2.24, 2.45) is 5.10 Å². The minimum absolute atomic E-state index is 0.219. The molecule has 0 atom stereocenters. The van der Waals surface area contributed by atoms with Gasteiger partial charge in [0.1, 0.15) is 12.4 Å². The first-order chi connectivity index (χ1) is 12.2. The van der Waals surface area contributed by atoms with E-state index in [2.05, 4.69) is 22.4 Å². The number of rotatable bonds is 7. The summed E-state index contributed by atoms with van der Waals surface area (Å²) in [6.45, 7) is 4.13. The molecule has 0 saturated heterocycles. The van der Waals surface area contributed by atoms with Gasteiger partial charge in [-0.25, -0.2) is 5.43 Å². The van der Waals surface area contributed by atoms with Crippen LogP contribution < -0.4 is 15.5 Å². The average molecular weight is 337 g/mol. The van der Waals surface area contributed by atoms with Crippen LogP contribution in [-0.4, -0.2) is 24.6 Å². The Kier molecular flexibility index (Phi) is 6.94. The number of carbonyl (C=O) groups is 2. The second-order valence-electron chi connectivity index (χ2n) is 5.04. The van der Waals surface area contributed by atoms with Crippen LogP contribution >= 0.6 is 0 Å². The zero-order valence-electron chi connectivity index (χ0n) is 13.6. The highest BCUT2D eigenvalue weighted by molar-refractivity contribution is 6.35. The molecular weight excluding hydrogens is 318 g/mol. The fourth-order valence-corrected chi connectivity index (χ4v) is 1.89. The van der Waals surface area contributed by atoms with Crippen molar-refractivity contribution in [3.8, 4) is 5.75 Å². The summed E-state index contributed by atoms with van der Waals surface area (Å²) in [6.07, 6.45) is 2.92. The molecule has 2 rings (SSSR count). The molecule has 6 nitrogen and oxygen atoms in total. The van der Waals surface area contributed by atoms with Crippen molar-refractivity contribution in [3.63, 3.8) is 0 Å². The first kappa shape index (κ1) is 17.9. The van der Waals surface area contributed by atoms with Crippen molar-refractivity contribution in [1.29, 1.82) is 0 Å². The number of hydrazone groups is 1. The van der Waals surface area contributed by atoms with Crippen molar-refractivity contribution in [2.45, 2.75) is 6.61 Å². The molecule has 0 fully saturated rings. The fourth-order valence-electron chi connectivity index (χ4n) is 1.89. The van der Waals surface area contributed by atoms with Crippen LogP contribution in [0.2, 0.25) is 0 Å². The topological polar surface area (TPSA) is 79.8 Å². The molecule has 0 saturated carbocycles. The third kappa shape index (κ3) is 6.31. The van der Waals surface area contributed by atoms with E-state index in [9.17, 15) is 9.59 Å². The number of benzene rings is 2. The highest BCUT2D eigenvalue weighted by Gasteiger charge is 2.10. The first-order valence-corrected chi connectivity index (χ1v) is 7.68. The molecule has 0 aliphatic heterocycles. The Morgan fingerprint density at radius 2 is 1.88 bits per heavy atom. The van der Waals surface area contributed by atoms with E-state index in [1.165, 1.54) is 12.3 Å². The summed E-state index contributed by atoms with van der Waals surface area (Å²) in [4.78, 5) is 22.8. The third-order valence-corrected chi connectivity index (χ3v) is 3.10. The summed E-state index contributed by atoms with van der Waals surface area (Å²) in [5.74, 6) is -0.922. The van der Waals surface area contributed by atoms with Crippen LogP contribution in [0, 0.1) is 0 Å². The largest absolute Gasteiger partial charge is 0.489 e. The van der Waals surface area contributed by atoms with Crippen molar-refractivity contribution in [1.82, 2.24) is 10.7 Å². The molecule has 2 aromatic carbocycles. The maximum atomic E-state index is 11.5. The number of hydrogen-bond donors (Lipinski definition) is 2. The molecule has 0 heterocycles. The monoisotopic (exact) mass is 337 g/mol. The molecule has 0 aliphatic rings. The smallest absolute Gasteiger partial charge is 0.329 e. The summed E-state index contributed by atoms with van der Waals surface area (Å²) in [6, 6.07) is 17.1. The van der Waals surface area contributed by atoms with E-state index >= 15 is 0 Å². The number of nitrogens with zero attached hydrogens (tertiary/aromatic N) is 1. The van der Waals surface area contributed by atoms with Crippen LogP contribution in [0.4, 0.5) is 0 Å². The highest BCUT2D eigenvalue weighted by atomic mass is 16.5. The molecule has 0 aliphatic carbocycles. The third-order valence-electron chi connectivity index (χ3n) is 3.10. The molecule has 0 unspecified atom stereocenters. The van der Waals surface area contributed by atoms with Crippen molar-refractivity contribution in [2.75, 3.05) is 6.54 Å². The van der Waals surface area contributed by atoms with Gasteiger partial charge >= 0.3 is 11.8 Å².